The third-order valence-electron chi connectivity index (χ3n) is 9.60. The molecular formula is C31H39N5. The zero-order valence-electron chi connectivity index (χ0n) is 21.8. The largest absolute Gasteiger partial charge is 0.383 e. The number of H-pyrrole nitrogens is 1. The maximum Gasteiger partial charge on any atom is 0.0563 e. The molecule has 1 aromatic carbocycles. The highest BCUT2D eigenvalue weighted by Crippen LogP contribution is 2.75. The first-order valence-corrected chi connectivity index (χ1v) is 13.5. The molecule has 2 heterocycles. The molecule has 3 fully saturated rings. The fourth-order valence-corrected chi connectivity index (χ4v) is 7.92. The monoisotopic (exact) mass is 481 g/mol. The second-order valence-electron chi connectivity index (χ2n) is 11.5. The van der Waals surface area contributed by atoms with Crippen molar-refractivity contribution in [1.82, 2.24) is 25.7 Å². The minimum Gasteiger partial charge on any atom is -0.383 e. The third kappa shape index (κ3) is 3.76. The molecule has 3 N–H and O–H groups in total. The maximum absolute atomic E-state index is 4.26. The van der Waals surface area contributed by atoms with Crippen molar-refractivity contribution in [3.8, 4) is 0 Å². The Bertz CT molecular complexity index is 1220. The van der Waals surface area contributed by atoms with Crippen molar-refractivity contribution in [1.29, 1.82) is 0 Å². The molecule has 6 unspecified atom stereocenters. The molecule has 0 radical (unpaired) electrons. The van der Waals surface area contributed by atoms with Crippen LogP contribution in [0.5, 0.6) is 0 Å². The molecule has 1 spiro atoms. The van der Waals surface area contributed by atoms with Crippen LogP contribution in [0.1, 0.15) is 48.8 Å². The SMILES string of the molecule is C=C/C(=C\N(C)C)c1cccc(C2=CC=C(c3cn[nH]c3)C(CC3C4CCC45CC(NC)CC35)N2)c1. The van der Waals surface area contributed by atoms with Crippen LogP contribution in [0, 0.1) is 23.2 Å². The second-order valence-corrected chi connectivity index (χ2v) is 11.5. The Morgan fingerprint density at radius 3 is 2.83 bits per heavy atom. The van der Waals surface area contributed by atoms with Crippen LogP contribution >= 0.6 is 0 Å². The standard InChI is InChI=1S/C31H39N5/c1-5-20(19-36(3)4)21-7-6-8-22(13-21)29-10-9-25(23-17-33-34-18-23)30(35-29)15-26-27-11-12-31(27)16-24(32-2)14-28(26)31/h5-10,13,17-19,24,26-28,30,32,35H,1,11-12,14-16H2,2-4H3,(H,33,34)/b20-19+. The molecule has 0 bridgehead atoms. The van der Waals surface area contributed by atoms with Crippen molar-refractivity contribution in [3.63, 3.8) is 0 Å². The number of allylic oxidation sites excluding steroid dienone is 4. The van der Waals surface area contributed by atoms with Gasteiger partial charge in [-0.1, -0.05) is 36.9 Å². The Hall–Kier alpha value is -3.05. The number of nitrogens with zero attached hydrogens (tertiary/aromatic N) is 2. The second kappa shape index (κ2) is 9.11. The first-order valence-electron chi connectivity index (χ1n) is 13.5. The van der Waals surface area contributed by atoms with Crippen LogP contribution in [0.3, 0.4) is 0 Å². The van der Waals surface area contributed by atoms with Crippen LogP contribution < -0.4 is 10.6 Å². The number of aromatic nitrogens is 2. The molecule has 0 saturated heterocycles. The van der Waals surface area contributed by atoms with Crippen LogP contribution in [0.15, 0.2) is 67.7 Å². The first kappa shape index (κ1) is 23.4. The van der Waals surface area contributed by atoms with Crippen LogP contribution in [0.25, 0.3) is 16.8 Å². The van der Waals surface area contributed by atoms with Crippen molar-refractivity contribution in [2.24, 2.45) is 23.2 Å². The molecule has 5 heteroatoms. The Morgan fingerprint density at radius 2 is 2.14 bits per heavy atom. The minimum absolute atomic E-state index is 0.291. The number of hydrogen-bond acceptors (Lipinski definition) is 4. The lowest BCUT2D eigenvalue weighted by Gasteiger charge is -2.67. The Balaban J connectivity index is 1.28. The molecule has 4 aliphatic rings. The molecule has 6 atom stereocenters. The average molecular weight is 482 g/mol. The van der Waals surface area contributed by atoms with Gasteiger partial charge in [-0.25, -0.2) is 0 Å². The molecule has 3 aliphatic carbocycles. The van der Waals surface area contributed by atoms with Crippen molar-refractivity contribution >= 4 is 16.8 Å². The molecule has 5 nitrogen and oxygen atoms in total. The lowest BCUT2D eigenvalue weighted by molar-refractivity contribution is -0.184. The molecular weight excluding hydrogens is 442 g/mol. The van der Waals surface area contributed by atoms with E-state index in [9.17, 15) is 0 Å². The Morgan fingerprint density at radius 1 is 1.25 bits per heavy atom. The summed E-state index contributed by atoms with van der Waals surface area (Å²) in [7, 11) is 6.24. The molecule has 1 aliphatic heterocycles. The van der Waals surface area contributed by atoms with Crippen molar-refractivity contribution in [2.75, 3.05) is 21.1 Å². The molecule has 36 heavy (non-hydrogen) atoms. The number of aromatic amines is 1. The van der Waals surface area contributed by atoms with Crippen LogP contribution in [0.4, 0.5) is 0 Å². The summed E-state index contributed by atoms with van der Waals surface area (Å²) >= 11 is 0. The van der Waals surface area contributed by atoms with Gasteiger partial charge in [-0.3, -0.25) is 5.10 Å². The van der Waals surface area contributed by atoms with Crippen LogP contribution in [0.2, 0.25) is 0 Å². The van der Waals surface area contributed by atoms with E-state index in [1.165, 1.54) is 60.1 Å². The predicted octanol–water partition coefficient (Wildman–Crippen LogP) is 5.31. The van der Waals surface area contributed by atoms with E-state index in [0.717, 1.165) is 23.3 Å². The lowest BCUT2D eigenvalue weighted by atomic mass is 9.37. The van der Waals surface area contributed by atoms with E-state index < -0.39 is 0 Å². The topological polar surface area (TPSA) is 56.0 Å². The zero-order chi connectivity index (χ0) is 24.9. The summed E-state index contributed by atoms with van der Waals surface area (Å²) in [5, 5.41) is 14.8. The fraction of sp³-hybridized carbons (Fsp3) is 0.452. The van der Waals surface area contributed by atoms with Gasteiger partial charge in [-0.2, -0.15) is 5.10 Å². The van der Waals surface area contributed by atoms with Crippen molar-refractivity contribution < 1.29 is 0 Å². The highest BCUT2D eigenvalue weighted by Gasteiger charge is 2.69. The zero-order valence-corrected chi connectivity index (χ0v) is 21.8. The highest BCUT2D eigenvalue weighted by atomic mass is 15.1. The Kier molecular flexibility index (Phi) is 5.91. The summed E-state index contributed by atoms with van der Waals surface area (Å²) in [5.74, 6) is 2.60. The van der Waals surface area contributed by atoms with E-state index in [4.69, 9.17) is 0 Å². The molecule has 188 valence electrons. The number of nitrogens with one attached hydrogen (secondary N) is 3. The highest BCUT2D eigenvalue weighted by molar-refractivity contribution is 5.81. The van der Waals surface area contributed by atoms with E-state index in [1.54, 1.807) is 0 Å². The summed E-state index contributed by atoms with van der Waals surface area (Å²) in [5.41, 5.74) is 7.92. The number of rotatable bonds is 8. The van der Waals surface area contributed by atoms with Gasteiger partial charge >= 0.3 is 0 Å². The first-order chi connectivity index (χ1) is 17.5. The van der Waals surface area contributed by atoms with Gasteiger partial charge in [0.05, 0.1) is 12.2 Å². The number of benzene rings is 1. The van der Waals surface area contributed by atoms with Gasteiger partial charge in [0, 0.05) is 43.8 Å². The fourth-order valence-electron chi connectivity index (χ4n) is 7.92. The van der Waals surface area contributed by atoms with Crippen LogP contribution in [-0.2, 0) is 0 Å². The molecule has 2 aromatic rings. The summed E-state index contributed by atoms with van der Waals surface area (Å²) < 4.78 is 0. The van der Waals surface area contributed by atoms with Gasteiger partial charge < -0.3 is 15.5 Å². The Labute approximate surface area is 215 Å². The third-order valence-corrected chi connectivity index (χ3v) is 9.60. The van der Waals surface area contributed by atoms with Gasteiger partial charge in [0.2, 0.25) is 0 Å². The van der Waals surface area contributed by atoms with Crippen molar-refractivity contribution in [2.45, 2.75) is 44.2 Å². The summed E-state index contributed by atoms with van der Waals surface area (Å²) in [6, 6.07) is 9.80. The van der Waals surface area contributed by atoms with Crippen LogP contribution in [-0.4, -0.2) is 48.3 Å². The summed E-state index contributed by atoms with van der Waals surface area (Å²) in [6.07, 6.45) is 19.4. The molecule has 6 rings (SSSR count). The normalized spacial score (nSPS) is 32.8. The smallest absolute Gasteiger partial charge is 0.0563 e. The quantitative estimate of drug-likeness (QED) is 0.448. The van der Waals surface area contributed by atoms with Gasteiger partial charge in [0.15, 0.2) is 0 Å². The maximum atomic E-state index is 4.26. The van der Waals surface area contributed by atoms with E-state index in [0.29, 0.717) is 17.5 Å². The van der Waals surface area contributed by atoms with Gasteiger partial charge in [0.1, 0.15) is 0 Å². The van der Waals surface area contributed by atoms with Gasteiger partial charge in [-0.15, -0.1) is 0 Å². The molecule has 0 amide bonds. The summed E-state index contributed by atoms with van der Waals surface area (Å²) in [6.45, 7) is 4.04. The lowest BCUT2D eigenvalue weighted by Crippen LogP contribution is -2.61. The summed E-state index contributed by atoms with van der Waals surface area (Å²) in [4.78, 5) is 2.07. The van der Waals surface area contributed by atoms with Crippen molar-refractivity contribution in [3.05, 3.63) is 84.4 Å². The number of hydrogen-bond donors (Lipinski definition) is 3. The van der Waals surface area contributed by atoms with E-state index in [1.807, 2.05) is 32.6 Å². The predicted molar refractivity (Wildman–Crippen MR) is 149 cm³/mol. The minimum atomic E-state index is 0.291. The van der Waals surface area contributed by atoms with E-state index >= 15 is 0 Å². The molecule has 1 aromatic heterocycles. The number of dihydropyridines is 1. The molecule has 3 saturated carbocycles. The van der Waals surface area contributed by atoms with E-state index in [2.05, 4.69) is 82.0 Å². The van der Waals surface area contributed by atoms with E-state index in [-0.39, 0.29) is 0 Å². The van der Waals surface area contributed by atoms with Gasteiger partial charge in [0.25, 0.3) is 0 Å². The average Bonchev–Trinajstić information content (AvgIpc) is 3.54. The van der Waals surface area contributed by atoms with Gasteiger partial charge in [-0.05, 0) is 96.7 Å².